The van der Waals surface area contributed by atoms with Crippen LogP contribution in [0.25, 0.3) is 11.0 Å². The van der Waals surface area contributed by atoms with Crippen LogP contribution in [0.5, 0.6) is 11.5 Å². The highest BCUT2D eigenvalue weighted by Gasteiger charge is 2.67. The summed E-state index contributed by atoms with van der Waals surface area (Å²) in [6.45, 7) is -0.226. The van der Waals surface area contributed by atoms with Crippen molar-refractivity contribution in [1.82, 2.24) is 0 Å². The molecule has 6 rings (SSSR count). The van der Waals surface area contributed by atoms with Crippen LogP contribution in [0.2, 0.25) is 0 Å². The van der Waals surface area contributed by atoms with Crippen LogP contribution < -0.4 is 15.1 Å². The molecule has 154 valence electrons. The third-order valence-corrected chi connectivity index (χ3v) is 7.02. The van der Waals surface area contributed by atoms with Crippen molar-refractivity contribution in [3.8, 4) is 11.5 Å². The van der Waals surface area contributed by atoms with Crippen LogP contribution in [0, 0.1) is 10.1 Å². The Hall–Kier alpha value is -3.65. The molecule has 0 saturated heterocycles. The monoisotopic (exact) mass is 433 g/mol. The van der Waals surface area contributed by atoms with E-state index >= 15 is 0 Å². The molecule has 4 aromatic rings. The Labute approximate surface area is 179 Å². The number of nitro groups is 1. The molecule has 0 aliphatic carbocycles. The van der Waals surface area contributed by atoms with Gasteiger partial charge in [0.05, 0.1) is 15.8 Å². The zero-order valence-electron chi connectivity index (χ0n) is 16.0. The van der Waals surface area contributed by atoms with Crippen molar-refractivity contribution in [1.29, 1.82) is 0 Å². The van der Waals surface area contributed by atoms with E-state index < -0.39 is 23.2 Å². The van der Waals surface area contributed by atoms with Crippen molar-refractivity contribution in [2.24, 2.45) is 0 Å². The lowest BCUT2D eigenvalue weighted by Gasteiger charge is -2.44. The summed E-state index contributed by atoms with van der Waals surface area (Å²) in [5.74, 6) is -0.0242. The first kappa shape index (κ1) is 18.1. The summed E-state index contributed by atoms with van der Waals surface area (Å²) in [6, 6.07) is 17.8. The lowest BCUT2D eigenvalue weighted by Crippen LogP contribution is -2.60. The van der Waals surface area contributed by atoms with E-state index in [1.54, 1.807) is 42.5 Å². The van der Waals surface area contributed by atoms with Crippen LogP contribution in [0.3, 0.4) is 0 Å². The van der Waals surface area contributed by atoms with Crippen molar-refractivity contribution >= 4 is 22.3 Å². The molecule has 0 bridgehead atoms. The van der Waals surface area contributed by atoms with Crippen LogP contribution in [0.1, 0.15) is 28.0 Å². The fourth-order valence-corrected chi connectivity index (χ4v) is 5.61. The van der Waals surface area contributed by atoms with Crippen molar-refractivity contribution in [3.05, 3.63) is 103 Å². The maximum Gasteiger partial charge on any atom is 0.344 e. The SMILES string of the molecule is O=c1oc2ccccc2c2c1[C@@H]1c3ccccc3OC[C@]1([N+](=O)[O-])[C@H](c1cccs1)O2. The van der Waals surface area contributed by atoms with E-state index in [-0.39, 0.29) is 17.1 Å². The molecule has 2 aromatic heterocycles. The van der Waals surface area contributed by atoms with Crippen molar-refractivity contribution in [2.45, 2.75) is 17.6 Å². The van der Waals surface area contributed by atoms with Crippen LogP contribution in [-0.2, 0) is 0 Å². The lowest BCUT2D eigenvalue weighted by atomic mass is 9.69. The van der Waals surface area contributed by atoms with Gasteiger partial charge in [-0.2, -0.15) is 0 Å². The predicted octanol–water partition coefficient (Wildman–Crippen LogP) is 4.53. The van der Waals surface area contributed by atoms with Gasteiger partial charge in [-0.05, 0) is 29.6 Å². The lowest BCUT2D eigenvalue weighted by molar-refractivity contribution is -0.592. The maximum absolute atomic E-state index is 13.2. The van der Waals surface area contributed by atoms with Crippen LogP contribution in [0.15, 0.2) is 75.3 Å². The van der Waals surface area contributed by atoms with Crippen LogP contribution in [-0.4, -0.2) is 17.1 Å². The third-order valence-electron chi connectivity index (χ3n) is 6.11. The minimum Gasteiger partial charge on any atom is -0.486 e. The molecule has 0 spiro atoms. The average molecular weight is 433 g/mol. The van der Waals surface area contributed by atoms with Crippen molar-refractivity contribution < 1.29 is 18.8 Å². The molecule has 31 heavy (non-hydrogen) atoms. The highest BCUT2D eigenvalue weighted by Crippen LogP contribution is 2.57. The van der Waals surface area contributed by atoms with E-state index in [0.717, 1.165) is 0 Å². The minimum absolute atomic E-state index is 0.166. The van der Waals surface area contributed by atoms with E-state index in [2.05, 4.69) is 0 Å². The number of hydrogen-bond donors (Lipinski definition) is 0. The van der Waals surface area contributed by atoms with Gasteiger partial charge in [0.25, 0.3) is 0 Å². The van der Waals surface area contributed by atoms with Gasteiger partial charge in [0, 0.05) is 10.5 Å². The number of thiophene rings is 1. The van der Waals surface area contributed by atoms with Gasteiger partial charge in [-0.15, -0.1) is 11.3 Å². The Balaban J connectivity index is 1.76. The quantitative estimate of drug-likeness (QED) is 0.262. The molecular weight excluding hydrogens is 418 g/mol. The minimum atomic E-state index is -1.72. The first-order valence-corrected chi connectivity index (χ1v) is 10.6. The summed E-state index contributed by atoms with van der Waals surface area (Å²) >= 11 is 1.38. The molecule has 7 nitrogen and oxygen atoms in total. The van der Waals surface area contributed by atoms with Gasteiger partial charge in [0.1, 0.15) is 23.0 Å². The molecule has 3 atom stereocenters. The Kier molecular flexibility index (Phi) is 3.76. The van der Waals surface area contributed by atoms with Gasteiger partial charge in [0.15, 0.2) is 6.61 Å². The largest absolute Gasteiger partial charge is 0.486 e. The van der Waals surface area contributed by atoms with Crippen molar-refractivity contribution in [2.75, 3.05) is 6.61 Å². The molecule has 0 radical (unpaired) electrons. The second-order valence-corrected chi connectivity index (χ2v) is 8.63. The molecule has 8 heteroatoms. The van der Waals surface area contributed by atoms with Crippen LogP contribution >= 0.6 is 11.3 Å². The van der Waals surface area contributed by atoms with E-state index in [0.29, 0.717) is 32.9 Å². The molecule has 2 aliphatic heterocycles. The van der Waals surface area contributed by atoms with E-state index in [4.69, 9.17) is 13.9 Å². The van der Waals surface area contributed by atoms with E-state index in [9.17, 15) is 14.9 Å². The second kappa shape index (κ2) is 6.42. The number of rotatable bonds is 2. The van der Waals surface area contributed by atoms with Crippen LogP contribution in [0.4, 0.5) is 0 Å². The zero-order valence-corrected chi connectivity index (χ0v) is 16.8. The third kappa shape index (κ3) is 2.36. The van der Waals surface area contributed by atoms with Crippen molar-refractivity contribution in [3.63, 3.8) is 0 Å². The van der Waals surface area contributed by atoms with Gasteiger partial charge < -0.3 is 13.9 Å². The maximum atomic E-state index is 13.2. The Bertz CT molecular complexity index is 1390. The summed E-state index contributed by atoms with van der Waals surface area (Å²) in [7, 11) is 0. The molecule has 0 saturated carbocycles. The standard InChI is InChI=1S/C23H15NO6S/c25-22-18-19-13-6-1-3-8-15(13)28-12-23(19,24(26)27)21(17-10-5-11-31-17)30-20(18)14-7-2-4-9-16(14)29-22/h1-11,19,21H,12H2/t19-,21-,23+/m0/s1. The Morgan fingerprint density at radius 2 is 1.87 bits per heavy atom. The summed E-state index contributed by atoms with van der Waals surface area (Å²) in [5.41, 5.74) is -1.22. The Morgan fingerprint density at radius 1 is 1.06 bits per heavy atom. The fourth-order valence-electron chi connectivity index (χ4n) is 4.76. The molecule has 0 unspecified atom stereocenters. The average Bonchev–Trinajstić information content (AvgIpc) is 3.32. The summed E-state index contributed by atoms with van der Waals surface area (Å²) in [5, 5.41) is 15.2. The molecule has 0 amide bonds. The first-order chi connectivity index (χ1) is 15.1. The zero-order chi connectivity index (χ0) is 21.2. The first-order valence-electron chi connectivity index (χ1n) is 9.73. The van der Waals surface area contributed by atoms with Gasteiger partial charge in [-0.3, -0.25) is 10.1 Å². The predicted molar refractivity (Wildman–Crippen MR) is 114 cm³/mol. The topological polar surface area (TPSA) is 91.8 Å². The van der Waals surface area contributed by atoms with Gasteiger partial charge >= 0.3 is 11.2 Å². The van der Waals surface area contributed by atoms with Gasteiger partial charge in [-0.25, -0.2) is 4.79 Å². The molecular formula is C23H15NO6S. The molecule has 0 N–H and O–H groups in total. The smallest absolute Gasteiger partial charge is 0.344 e. The number of hydrogen-bond acceptors (Lipinski definition) is 7. The number of nitrogens with zero attached hydrogens (tertiary/aromatic N) is 1. The molecule has 0 fully saturated rings. The number of benzene rings is 2. The van der Waals surface area contributed by atoms with E-state index in [1.165, 1.54) is 11.3 Å². The van der Waals surface area contributed by atoms with Gasteiger partial charge in [0.2, 0.25) is 6.10 Å². The normalized spacial score (nSPS) is 23.7. The van der Waals surface area contributed by atoms with Gasteiger partial charge in [-0.1, -0.05) is 36.4 Å². The molecule has 4 heterocycles. The molecule has 2 aliphatic rings. The summed E-state index contributed by atoms with van der Waals surface area (Å²) in [4.78, 5) is 26.3. The van der Waals surface area contributed by atoms with E-state index in [1.807, 2.05) is 23.6 Å². The summed E-state index contributed by atoms with van der Waals surface area (Å²) < 4.78 is 17.8. The second-order valence-electron chi connectivity index (χ2n) is 7.65. The highest BCUT2D eigenvalue weighted by molar-refractivity contribution is 7.10. The Morgan fingerprint density at radius 3 is 2.68 bits per heavy atom. The number of fused-ring (bicyclic) bond motifs is 7. The molecule has 2 aromatic carbocycles. The number of ether oxygens (including phenoxy) is 2. The fraction of sp³-hybridized carbons (Fsp3) is 0.174. The number of para-hydroxylation sites is 2. The summed E-state index contributed by atoms with van der Waals surface area (Å²) in [6.07, 6.45) is -0.932. The highest BCUT2D eigenvalue weighted by atomic mass is 32.1.